The van der Waals surface area contributed by atoms with Gasteiger partial charge in [0.1, 0.15) is 5.75 Å². The zero-order valence-electron chi connectivity index (χ0n) is 12.7. The fourth-order valence-electron chi connectivity index (χ4n) is 2.20. The van der Waals surface area contributed by atoms with Crippen molar-refractivity contribution in [2.24, 2.45) is 0 Å². The molecule has 0 N–H and O–H groups in total. The first-order valence-electron chi connectivity index (χ1n) is 7.04. The molecule has 0 aliphatic heterocycles. The minimum absolute atomic E-state index is 0.121. The number of likely N-dealkylation sites (N-methyl/N-ethyl adjacent to an activating group) is 1. The van der Waals surface area contributed by atoms with Gasteiger partial charge < -0.3 is 4.74 Å². The van der Waals surface area contributed by atoms with Crippen LogP contribution in [-0.2, 0) is 6.54 Å². The standard InChI is InChI=1S/C18H21NO2/c1-14(19(2)13-15-7-5-4-6-8-15)18(20)16-9-11-17(21-3)12-10-16/h4-12,14H,13H2,1-3H3. The number of benzene rings is 2. The minimum atomic E-state index is -0.168. The Kier molecular flexibility index (Phi) is 5.12. The van der Waals surface area contributed by atoms with Gasteiger partial charge >= 0.3 is 0 Å². The molecule has 0 aromatic heterocycles. The average molecular weight is 283 g/mol. The van der Waals surface area contributed by atoms with Crippen molar-refractivity contribution in [1.82, 2.24) is 4.90 Å². The summed E-state index contributed by atoms with van der Waals surface area (Å²) >= 11 is 0. The number of carbonyl (C=O) groups is 1. The molecule has 1 unspecified atom stereocenters. The van der Waals surface area contributed by atoms with E-state index in [1.165, 1.54) is 5.56 Å². The number of hydrogen-bond donors (Lipinski definition) is 0. The summed E-state index contributed by atoms with van der Waals surface area (Å²) < 4.78 is 5.11. The van der Waals surface area contributed by atoms with Gasteiger partial charge in [0.25, 0.3) is 0 Å². The van der Waals surface area contributed by atoms with Crippen LogP contribution in [-0.4, -0.2) is 30.9 Å². The lowest BCUT2D eigenvalue weighted by molar-refractivity contribution is 0.0862. The molecule has 0 bridgehead atoms. The van der Waals surface area contributed by atoms with Crippen LogP contribution in [0.25, 0.3) is 0 Å². The van der Waals surface area contributed by atoms with Gasteiger partial charge in [-0.1, -0.05) is 30.3 Å². The molecule has 0 fully saturated rings. The van der Waals surface area contributed by atoms with Gasteiger partial charge in [-0.3, -0.25) is 9.69 Å². The first-order chi connectivity index (χ1) is 10.1. The molecule has 0 spiro atoms. The number of nitrogens with zero attached hydrogens (tertiary/aromatic N) is 1. The highest BCUT2D eigenvalue weighted by molar-refractivity contribution is 5.99. The van der Waals surface area contributed by atoms with Crippen molar-refractivity contribution < 1.29 is 9.53 Å². The zero-order chi connectivity index (χ0) is 15.2. The van der Waals surface area contributed by atoms with Crippen molar-refractivity contribution >= 4 is 5.78 Å². The van der Waals surface area contributed by atoms with Gasteiger partial charge in [-0.25, -0.2) is 0 Å². The van der Waals surface area contributed by atoms with Gasteiger partial charge in [0, 0.05) is 12.1 Å². The van der Waals surface area contributed by atoms with E-state index in [1.54, 1.807) is 7.11 Å². The summed E-state index contributed by atoms with van der Waals surface area (Å²) in [5.74, 6) is 0.882. The van der Waals surface area contributed by atoms with E-state index in [0.29, 0.717) is 5.56 Å². The fraction of sp³-hybridized carbons (Fsp3) is 0.278. The molecule has 3 heteroatoms. The maximum absolute atomic E-state index is 12.5. The number of Topliss-reactive ketones (excluding diaryl/α,β-unsaturated/α-hetero) is 1. The number of carbonyl (C=O) groups excluding carboxylic acids is 1. The van der Waals surface area contributed by atoms with Crippen LogP contribution in [0.5, 0.6) is 5.75 Å². The number of ketones is 1. The van der Waals surface area contributed by atoms with Crippen LogP contribution in [0.4, 0.5) is 0 Å². The van der Waals surface area contributed by atoms with Crippen LogP contribution in [0.2, 0.25) is 0 Å². The van der Waals surface area contributed by atoms with Crippen molar-refractivity contribution in [3.05, 3.63) is 65.7 Å². The minimum Gasteiger partial charge on any atom is -0.497 e. The summed E-state index contributed by atoms with van der Waals surface area (Å²) in [5.41, 5.74) is 1.91. The Morgan fingerprint density at radius 3 is 2.29 bits per heavy atom. The molecule has 2 aromatic rings. The normalized spacial score (nSPS) is 12.2. The van der Waals surface area contributed by atoms with Crippen molar-refractivity contribution in [2.75, 3.05) is 14.2 Å². The van der Waals surface area contributed by atoms with Gasteiger partial charge in [-0.15, -0.1) is 0 Å². The van der Waals surface area contributed by atoms with Crippen LogP contribution in [0, 0.1) is 0 Å². The van der Waals surface area contributed by atoms with E-state index in [2.05, 4.69) is 17.0 Å². The average Bonchev–Trinajstić information content (AvgIpc) is 2.54. The van der Waals surface area contributed by atoms with E-state index in [1.807, 2.05) is 56.4 Å². The molecule has 0 radical (unpaired) electrons. The van der Waals surface area contributed by atoms with E-state index in [0.717, 1.165) is 12.3 Å². The summed E-state index contributed by atoms with van der Waals surface area (Å²) in [6.07, 6.45) is 0. The smallest absolute Gasteiger partial charge is 0.179 e. The third-order valence-corrected chi connectivity index (χ3v) is 3.69. The first-order valence-corrected chi connectivity index (χ1v) is 7.04. The SMILES string of the molecule is COc1ccc(C(=O)C(C)N(C)Cc2ccccc2)cc1. The molecular weight excluding hydrogens is 262 g/mol. The predicted molar refractivity (Wildman–Crippen MR) is 84.7 cm³/mol. The monoisotopic (exact) mass is 283 g/mol. The van der Waals surface area contributed by atoms with Crippen molar-refractivity contribution in [2.45, 2.75) is 19.5 Å². The number of ether oxygens (including phenoxy) is 1. The van der Waals surface area contributed by atoms with Gasteiger partial charge in [0.05, 0.1) is 13.2 Å². The molecule has 0 saturated carbocycles. The largest absolute Gasteiger partial charge is 0.497 e. The molecule has 0 aliphatic carbocycles. The second kappa shape index (κ2) is 7.04. The molecule has 2 rings (SSSR count). The van der Waals surface area contributed by atoms with Crippen molar-refractivity contribution in [3.63, 3.8) is 0 Å². The van der Waals surface area contributed by atoms with Gasteiger partial charge in [0.15, 0.2) is 5.78 Å². The van der Waals surface area contributed by atoms with E-state index < -0.39 is 0 Å². The topological polar surface area (TPSA) is 29.5 Å². The maximum atomic E-state index is 12.5. The van der Waals surface area contributed by atoms with Crippen LogP contribution in [0.3, 0.4) is 0 Å². The molecule has 0 aliphatic rings. The van der Waals surface area contributed by atoms with E-state index >= 15 is 0 Å². The Hall–Kier alpha value is -2.13. The molecule has 1 atom stereocenters. The molecule has 0 saturated heterocycles. The number of rotatable bonds is 6. The van der Waals surface area contributed by atoms with Gasteiger partial charge in [-0.2, -0.15) is 0 Å². The lowest BCUT2D eigenvalue weighted by atomic mass is 10.0. The summed E-state index contributed by atoms with van der Waals surface area (Å²) in [7, 11) is 3.59. The quantitative estimate of drug-likeness (QED) is 0.761. The van der Waals surface area contributed by atoms with E-state index in [-0.39, 0.29) is 11.8 Å². The van der Waals surface area contributed by atoms with Crippen LogP contribution >= 0.6 is 0 Å². The Morgan fingerprint density at radius 2 is 1.71 bits per heavy atom. The zero-order valence-corrected chi connectivity index (χ0v) is 12.7. The van der Waals surface area contributed by atoms with E-state index in [9.17, 15) is 4.79 Å². The van der Waals surface area contributed by atoms with Crippen LogP contribution in [0.1, 0.15) is 22.8 Å². The predicted octanol–water partition coefficient (Wildman–Crippen LogP) is 3.40. The van der Waals surface area contributed by atoms with E-state index in [4.69, 9.17) is 4.74 Å². The Balaban J connectivity index is 2.03. The number of hydrogen-bond acceptors (Lipinski definition) is 3. The summed E-state index contributed by atoms with van der Waals surface area (Å²) in [4.78, 5) is 14.6. The second-order valence-electron chi connectivity index (χ2n) is 5.17. The summed E-state index contributed by atoms with van der Waals surface area (Å²) in [5, 5.41) is 0. The lowest BCUT2D eigenvalue weighted by Crippen LogP contribution is -2.35. The lowest BCUT2D eigenvalue weighted by Gasteiger charge is -2.23. The molecule has 0 heterocycles. The highest BCUT2D eigenvalue weighted by Gasteiger charge is 2.19. The fourth-order valence-corrected chi connectivity index (χ4v) is 2.20. The summed E-state index contributed by atoms with van der Waals surface area (Å²) in [6.45, 7) is 2.69. The third-order valence-electron chi connectivity index (χ3n) is 3.69. The molecule has 3 nitrogen and oxygen atoms in total. The second-order valence-corrected chi connectivity index (χ2v) is 5.17. The Bertz CT molecular complexity index is 578. The first kappa shape index (κ1) is 15.3. The Morgan fingerprint density at radius 1 is 1.10 bits per heavy atom. The Labute approximate surface area is 126 Å². The van der Waals surface area contributed by atoms with Crippen LogP contribution < -0.4 is 4.74 Å². The summed E-state index contributed by atoms with van der Waals surface area (Å²) in [6, 6.07) is 17.3. The van der Waals surface area contributed by atoms with Gasteiger partial charge in [-0.05, 0) is 43.8 Å². The molecular formula is C18H21NO2. The molecule has 21 heavy (non-hydrogen) atoms. The molecule has 2 aromatic carbocycles. The number of methoxy groups -OCH3 is 1. The molecule has 0 amide bonds. The van der Waals surface area contributed by atoms with Gasteiger partial charge in [0.2, 0.25) is 0 Å². The van der Waals surface area contributed by atoms with Crippen molar-refractivity contribution in [3.8, 4) is 5.75 Å². The maximum Gasteiger partial charge on any atom is 0.179 e. The van der Waals surface area contributed by atoms with Crippen molar-refractivity contribution in [1.29, 1.82) is 0 Å². The third kappa shape index (κ3) is 3.92. The van der Waals surface area contributed by atoms with Crippen LogP contribution in [0.15, 0.2) is 54.6 Å². The highest BCUT2D eigenvalue weighted by atomic mass is 16.5. The highest BCUT2D eigenvalue weighted by Crippen LogP contribution is 2.15. The molecule has 110 valence electrons.